The first-order chi connectivity index (χ1) is 46.1. The Kier molecular flexibility index (Phi) is 70.2. The van der Waals surface area contributed by atoms with Gasteiger partial charge < -0.3 is 33.3 Å². The van der Waals surface area contributed by atoms with Crippen molar-refractivity contribution in [1.82, 2.24) is 0 Å². The standard InChI is InChI=1S/C85H143NO8/c1-6-8-10-12-14-16-18-20-22-24-26-28-30-32-34-36-38-39-40-41-42-43-44-45-46-48-50-52-54-56-58-60-62-64-66-68-70-72-74-76-83(88)94-81(80-93-85(84(89)90)91-78-77-86(3,4)5)79-92-82(87)75-73-71-69-67-65-63-61-59-57-55-53-51-49-47-37-35-33-31-29-27-25-23-21-19-17-15-13-11-9-7-2/h8,10,14,16,20,22,26,28,32,34,38-39,41-42,44-45,48,50,54,56,60,62,66,68,81,85H,6-7,9,11-13,15,17-19,21,23-25,27,29-31,33,35-37,40,43,46-47,49,51-53,55,57-59,61,63-65,67,69-80H2,1-5H3/b10-8-,16-14-,22-20-,28-26-,34-32-,39-38-,42-41-,45-44-,50-48-,56-54-,62-60-,68-66-. The van der Waals surface area contributed by atoms with Gasteiger partial charge in [0.2, 0.25) is 0 Å². The zero-order valence-electron chi connectivity index (χ0n) is 61.3. The molecule has 0 aliphatic rings. The van der Waals surface area contributed by atoms with Crippen molar-refractivity contribution in [3.05, 3.63) is 146 Å². The number of ether oxygens (including phenoxy) is 4. The van der Waals surface area contributed by atoms with Crippen molar-refractivity contribution in [1.29, 1.82) is 0 Å². The molecule has 0 saturated heterocycles. The van der Waals surface area contributed by atoms with Gasteiger partial charge in [0.25, 0.3) is 0 Å². The summed E-state index contributed by atoms with van der Waals surface area (Å²) in [6.07, 6.45) is 105. The summed E-state index contributed by atoms with van der Waals surface area (Å²) in [6, 6.07) is 0. The third-order valence-electron chi connectivity index (χ3n) is 16.4. The van der Waals surface area contributed by atoms with Crippen molar-refractivity contribution in [3.8, 4) is 0 Å². The molecule has 0 N–H and O–H groups in total. The van der Waals surface area contributed by atoms with Crippen LogP contribution in [0.1, 0.15) is 316 Å². The lowest BCUT2D eigenvalue weighted by Crippen LogP contribution is -2.44. The number of allylic oxidation sites excluding steroid dienone is 24. The first-order valence-corrected chi connectivity index (χ1v) is 38.5. The quantitative estimate of drug-likeness (QED) is 0.0195. The molecule has 0 amide bonds. The zero-order valence-corrected chi connectivity index (χ0v) is 61.3. The smallest absolute Gasteiger partial charge is 0.306 e. The van der Waals surface area contributed by atoms with Crippen LogP contribution in [-0.4, -0.2) is 82.3 Å². The molecule has 9 nitrogen and oxygen atoms in total. The maximum atomic E-state index is 12.9. The Balaban J connectivity index is 4.19. The van der Waals surface area contributed by atoms with Gasteiger partial charge in [-0.3, -0.25) is 9.59 Å². The molecule has 0 bridgehead atoms. The van der Waals surface area contributed by atoms with Crippen LogP contribution in [-0.2, 0) is 33.3 Å². The van der Waals surface area contributed by atoms with E-state index in [0.29, 0.717) is 17.4 Å². The average Bonchev–Trinajstić information content (AvgIpc) is 3.76. The highest BCUT2D eigenvalue weighted by molar-refractivity contribution is 5.70. The first-order valence-electron chi connectivity index (χ1n) is 38.5. The summed E-state index contributed by atoms with van der Waals surface area (Å²) in [5, 5.41) is 11.8. The number of aliphatic carboxylic acids is 1. The Bertz CT molecular complexity index is 2060. The fourth-order valence-corrected chi connectivity index (χ4v) is 10.5. The Hall–Kier alpha value is -4.83. The van der Waals surface area contributed by atoms with E-state index < -0.39 is 24.3 Å². The van der Waals surface area contributed by atoms with Crippen LogP contribution in [0.15, 0.2) is 146 Å². The predicted molar refractivity (Wildman–Crippen MR) is 402 cm³/mol. The van der Waals surface area contributed by atoms with E-state index in [0.717, 1.165) is 109 Å². The molecule has 0 aromatic carbocycles. The van der Waals surface area contributed by atoms with Crippen molar-refractivity contribution in [2.24, 2.45) is 0 Å². The second-order valence-corrected chi connectivity index (χ2v) is 26.6. The zero-order chi connectivity index (χ0) is 68.2. The average molecular weight is 1310 g/mol. The minimum atomic E-state index is -1.64. The molecule has 0 aromatic rings. The van der Waals surface area contributed by atoms with Crippen LogP contribution in [0.2, 0.25) is 0 Å². The monoisotopic (exact) mass is 1310 g/mol. The summed E-state index contributed by atoms with van der Waals surface area (Å²) in [5.41, 5.74) is 0. The van der Waals surface area contributed by atoms with Crippen molar-refractivity contribution in [2.45, 2.75) is 328 Å². The molecular formula is C85H143NO8. The second-order valence-electron chi connectivity index (χ2n) is 26.6. The molecule has 0 aliphatic carbocycles. The number of carbonyl (C=O) groups excluding carboxylic acids is 3. The number of rotatable bonds is 70. The summed E-state index contributed by atoms with van der Waals surface area (Å²) in [4.78, 5) is 37.5. The lowest BCUT2D eigenvalue weighted by molar-refractivity contribution is -0.870. The number of quaternary nitrogens is 1. The Morgan fingerprint density at radius 1 is 0.330 bits per heavy atom. The topological polar surface area (TPSA) is 111 Å². The van der Waals surface area contributed by atoms with Gasteiger partial charge in [-0.2, -0.15) is 0 Å². The summed E-state index contributed by atoms with van der Waals surface area (Å²) >= 11 is 0. The number of esters is 2. The number of carboxylic acid groups (broad SMARTS) is 1. The highest BCUT2D eigenvalue weighted by Crippen LogP contribution is 2.18. The maximum Gasteiger partial charge on any atom is 0.306 e. The van der Waals surface area contributed by atoms with E-state index >= 15 is 0 Å². The van der Waals surface area contributed by atoms with Crippen LogP contribution in [0.3, 0.4) is 0 Å². The van der Waals surface area contributed by atoms with E-state index in [1.807, 2.05) is 21.1 Å². The molecule has 0 aliphatic heterocycles. The molecule has 0 spiro atoms. The van der Waals surface area contributed by atoms with Crippen LogP contribution in [0.25, 0.3) is 0 Å². The van der Waals surface area contributed by atoms with E-state index in [-0.39, 0.29) is 38.6 Å². The van der Waals surface area contributed by atoms with Crippen molar-refractivity contribution in [3.63, 3.8) is 0 Å². The van der Waals surface area contributed by atoms with Gasteiger partial charge in [0.1, 0.15) is 13.2 Å². The van der Waals surface area contributed by atoms with Crippen molar-refractivity contribution in [2.75, 3.05) is 47.5 Å². The van der Waals surface area contributed by atoms with Gasteiger partial charge in [-0.15, -0.1) is 0 Å². The van der Waals surface area contributed by atoms with Crippen molar-refractivity contribution < 1.29 is 42.9 Å². The molecule has 0 heterocycles. The number of unbranched alkanes of at least 4 members (excludes halogenated alkanes) is 31. The minimum absolute atomic E-state index is 0.133. The Labute approximate surface area is 579 Å². The summed E-state index contributed by atoms with van der Waals surface area (Å²) in [6.45, 7) is 4.61. The number of carboxylic acids is 1. The van der Waals surface area contributed by atoms with E-state index in [1.165, 1.54) is 173 Å². The van der Waals surface area contributed by atoms with Gasteiger partial charge in [-0.1, -0.05) is 346 Å². The van der Waals surface area contributed by atoms with E-state index in [4.69, 9.17) is 18.9 Å². The molecule has 2 unspecified atom stereocenters. The van der Waals surface area contributed by atoms with Crippen LogP contribution < -0.4 is 5.11 Å². The normalized spacial score (nSPS) is 13.5. The molecule has 0 fully saturated rings. The molecule has 0 saturated carbocycles. The molecule has 9 heteroatoms. The summed E-state index contributed by atoms with van der Waals surface area (Å²) in [7, 11) is 5.91. The third kappa shape index (κ3) is 74.6. The number of likely N-dealkylation sites (N-methyl/N-ethyl adjacent to an activating group) is 1. The summed E-state index contributed by atoms with van der Waals surface area (Å²) < 4.78 is 22.8. The fourth-order valence-electron chi connectivity index (χ4n) is 10.5. The second kappa shape index (κ2) is 74.0. The molecule has 94 heavy (non-hydrogen) atoms. The van der Waals surface area contributed by atoms with Gasteiger partial charge in [0.05, 0.1) is 40.3 Å². The predicted octanol–water partition coefficient (Wildman–Crippen LogP) is 23.3. The molecular weight excluding hydrogens is 1160 g/mol. The Morgan fingerprint density at radius 2 is 0.606 bits per heavy atom. The highest BCUT2D eigenvalue weighted by atomic mass is 16.7. The molecule has 2 atom stereocenters. The SMILES string of the molecule is CC/C=C\C/C=C\C/C=C\C/C=C\C/C=C\C/C=C\C/C=C\C/C=C\C/C=C\C/C=C\C/C=C\C/C=C\CCCCC(=O)OC(COC(=O)CCCCCCCCCCCCCCCCCCCCCCCCCCCCCCCC)COC(OCC[N+](C)(C)C)C(=O)[O-]. The fraction of sp³-hybridized carbons (Fsp3) is 0.682. The van der Waals surface area contributed by atoms with Crippen LogP contribution in [0.5, 0.6) is 0 Å². The van der Waals surface area contributed by atoms with Gasteiger partial charge in [-0.05, 0) is 103 Å². The minimum Gasteiger partial charge on any atom is -0.545 e. The van der Waals surface area contributed by atoms with Crippen LogP contribution in [0, 0.1) is 0 Å². The maximum absolute atomic E-state index is 12.9. The first kappa shape index (κ1) is 89.2. The molecule has 0 rings (SSSR count). The van der Waals surface area contributed by atoms with Crippen LogP contribution >= 0.6 is 0 Å². The molecule has 0 radical (unpaired) electrons. The van der Waals surface area contributed by atoms with Gasteiger partial charge in [0.15, 0.2) is 12.4 Å². The summed E-state index contributed by atoms with van der Waals surface area (Å²) in [5.74, 6) is -2.34. The third-order valence-corrected chi connectivity index (χ3v) is 16.4. The Morgan fingerprint density at radius 3 is 0.904 bits per heavy atom. The van der Waals surface area contributed by atoms with Crippen LogP contribution in [0.4, 0.5) is 0 Å². The highest BCUT2D eigenvalue weighted by Gasteiger charge is 2.22. The number of hydrogen-bond donors (Lipinski definition) is 0. The van der Waals surface area contributed by atoms with E-state index in [9.17, 15) is 19.5 Å². The van der Waals surface area contributed by atoms with Gasteiger partial charge >= 0.3 is 11.9 Å². The van der Waals surface area contributed by atoms with Gasteiger partial charge in [0, 0.05) is 12.8 Å². The number of nitrogens with zero attached hydrogens (tertiary/aromatic N) is 1. The largest absolute Gasteiger partial charge is 0.545 e. The lowest BCUT2D eigenvalue weighted by Gasteiger charge is -2.26. The van der Waals surface area contributed by atoms with Gasteiger partial charge in [-0.25, -0.2) is 0 Å². The van der Waals surface area contributed by atoms with E-state index in [1.54, 1.807) is 0 Å². The number of hydrogen-bond acceptors (Lipinski definition) is 8. The lowest BCUT2D eigenvalue weighted by atomic mass is 10.0. The molecule has 536 valence electrons. The molecule has 0 aromatic heterocycles. The number of carbonyl (C=O) groups is 3. The van der Waals surface area contributed by atoms with Crippen molar-refractivity contribution >= 4 is 17.9 Å². The van der Waals surface area contributed by atoms with E-state index in [2.05, 4.69) is 160 Å².